The second-order valence-corrected chi connectivity index (χ2v) is 14.1. The molecule has 0 spiro atoms. The van der Waals surface area contributed by atoms with Gasteiger partial charge in [-0.05, 0) is 73.1 Å². The molecule has 2 aromatic carbocycles. The molecule has 0 bridgehead atoms. The molecule has 0 saturated carbocycles. The van der Waals surface area contributed by atoms with E-state index in [0.29, 0.717) is 46.3 Å². The van der Waals surface area contributed by atoms with E-state index in [1.807, 2.05) is 77.0 Å². The zero-order chi connectivity index (χ0) is 32.7. The number of benzene rings is 2. The highest BCUT2D eigenvalue weighted by molar-refractivity contribution is 5.91. The number of aliphatic hydroxyl groups is 3. The van der Waals surface area contributed by atoms with E-state index in [1.54, 1.807) is 6.92 Å². The average molecular weight is 592 g/mol. The number of phenolic OH excluding ortho intramolecular Hbond substituents is 1. The number of aromatic hydroxyl groups is 1. The lowest BCUT2D eigenvalue weighted by molar-refractivity contribution is -0.124. The van der Waals surface area contributed by atoms with E-state index in [-0.39, 0.29) is 28.8 Å². The van der Waals surface area contributed by atoms with Crippen LogP contribution in [0.25, 0.3) is 5.57 Å². The van der Waals surface area contributed by atoms with Crippen LogP contribution in [0.15, 0.2) is 83.9 Å². The molecule has 0 fully saturated rings. The van der Waals surface area contributed by atoms with Gasteiger partial charge in [-0.15, -0.1) is 0 Å². The van der Waals surface area contributed by atoms with Crippen LogP contribution >= 0.6 is 0 Å². The van der Waals surface area contributed by atoms with Gasteiger partial charge in [0.15, 0.2) is 5.60 Å². The maximum absolute atomic E-state index is 12.7. The SMILES string of the molecule is C=C(C)C1=C(O)[C@@H](C(C)C)[C@]2(C)C[C@]3(C)Cc4c(N(C)C)cc(C#Cc5ccc(C)cc5)c(O)c4C(=C)C3=C(O)[C@]2(O)C1=C. The van der Waals surface area contributed by atoms with Gasteiger partial charge in [0.05, 0.1) is 5.56 Å². The predicted molar refractivity (Wildman–Crippen MR) is 180 cm³/mol. The molecule has 3 aliphatic carbocycles. The highest BCUT2D eigenvalue weighted by Gasteiger charge is 2.68. The van der Waals surface area contributed by atoms with Crippen molar-refractivity contribution in [1.82, 2.24) is 0 Å². The lowest BCUT2D eigenvalue weighted by Gasteiger charge is -2.62. The van der Waals surface area contributed by atoms with Crippen molar-refractivity contribution < 1.29 is 20.4 Å². The molecule has 0 unspecified atom stereocenters. The summed E-state index contributed by atoms with van der Waals surface area (Å²) in [6.07, 6.45) is 0.917. The van der Waals surface area contributed by atoms with E-state index in [1.165, 1.54) is 0 Å². The Morgan fingerprint density at radius 1 is 1.05 bits per heavy atom. The van der Waals surface area contributed by atoms with E-state index >= 15 is 0 Å². The Bertz CT molecular complexity index is 1760. The van der Waals surface area contributed by atoms with Crippen molar-refractivity contribution in [1.29, 1.82) is 0 Å². The highest BCUT2D eigenvalue weighted by atomic mass is 16.3. The van der Waals surface area contributed by atoms with Crippen molar-refractivity contribution in [2.75, 3.05) is 19.0 Å². The molecular formula is C39H45NO4. The van der Waals surface area contributed by atoms with Crippen molar-refractivity contribution in [3.63, 3.8) is 0 Å². The maximum Gasteiger partial charge on any atom is 0.153 e. The summed E-state index contributed by atoms with van der Waals surface area (Å²) in [6.45, 7) is 24.6. The van der Waals surface area contributed by atoms with Gasteiger partial charge in [-0.2, -0.15) is 0 Å². The van der Waals surface area contributed by atoms with Crippen LogP contribution < -0.4 is 4.90 Å². The van der Waals surface area contributed by atoms with Crippen LogP contribution in [0.5, 0.6) is 5.75 Å². The van der Waals surface area contributed by atoms with Gasteiger partial charge < -0.3 is 25.3 Å². The standard InChI is InChI=1S/C39H45NO4/c1-21(2)30-25(7)39(44)36(43)33-24(6)31-28(19-37(33,8)20-38(39,9)32(22(3)4)35(30)42)29(40(10)11)18-27(34(31)41)17-16-26-14-12-23(5)13-15-26/h12-15,18,22,32,41-44H,1,6-7,19-20H2,2-5,8-11H3/t32-,37+,38+,39-/m1/s1. The minimum atomic E-state index is -1.89. The van der Waals surface area contributed by atoms with Gasteiger partial charge >= 0.3 is 0 Å². The molecule has 5 nitrogen and oxygen atoms in total. The van der Waals surface area contributed by atoms with Gasteiger partial charge in [0, 0.05) is 58.8 Å². The third kappa shape index (κ3) is 4.19. The zero-order valence-corrected chi connectivity index (χ0v) is 27.3. The molecule has 3 aliphatic rings. The lowest BCUT2D eigenvalue weighted by atomic mass is 9.43. The molecule has 230 valence electrons. The minimum absolute atomic E-state index is 0.000537. The predicted octanol–water partition coefficient (Wildman–Crippen LogP) is 7.93. The number of hydrogen-bond donors (Lipinski definition) is 4. The quantitative estimate of drug-likeness (QED) is 0.273. The summed E-state index contributed by atoms with van der Waals surface area (Å²) in [5, 5.41) is 48.4. The molecule has 0 radical (unpaired) electrons. The molecule has 4 atom stereocenters. The molecule has 2 aromatic rings. The summed E-state index contributed by atoms with van der Waals surface area (Å²) < 4.78 is 0. The van der Waals surface area contributed by atoms with Crippen LogP contribution in [0.1, 0.15) is 68.9 Å². The average Bonchev–Trinajstić information content (AvgIpc) is 2.90. The van der Waals surface area contributed by atoms with Crippen LogP contribution in [-0.4, -0.2) is 40.1 Å². The van der Waals surface area contributed by atoms with Gasteiger partial charge in [0.25, 0.3) is 0 Å². The first kappa shape index (κ1) is 31.3. The molecule has 4 N–H and O–H groups in total. The van der Waals surface area contributed by atoms with E-state index in [0.717, 1.165) is 22.4 Å². The Labute approximate surface area is 262 Å². The second-order valence-electron chi connectivity index (χ2n) is 14.1. The number of allylic oxidation sites excluding steroid dienone is 4. The number of aryl methyl sites for hydroxylation is 1. The van der Waals surface area contributed by atoms with E-state index in [2.05, 4.69) is 38.5 Å². The van der Waals surface area contributed by atoms with Crippen molar-refractivity contribution in [2.24, 2.45) is 22.7 Å². The maximum atomic E-state index is 12.7. The highest BCUT2D eigenvalue weighted by Crippen LogP contribution is 2.69. The van der Waals surface area contributed by atoms with E-state index in [9.17, 15) is 20.4 Å². The van der Waals surface area contributed by atoms with Gasteiger partial charge in [-0.25, -0.2) is 0 Å². The molecule has 0 amide bonds. The largest absolute Gasteiger partial charge is 0.511 e. The van der Waals surface area contributed by atoms with E-state index < -0.39 is 22.3 Å². The number of phenols is 1. The number of hydrogen-bond acceptors (Lipinski definition) is 5. The van der Waals surface area contributed by atoms with Crippen LogP contribution in [0.2, 0.25) is 0 Å². The van der Waals surface area contributed by atoms with Crippen LogP contribution in [0.3, 0.4) is 0 Å². The molecule has 0 aromatic heterocycles. The van der Waals surface area contributed by atoms with Gasteiger partial charge in [-0.3, -0.25) is 0 Å². The van der Waals surface area contributed by atoms with Crippen LogP contribution in [0, 0.1) is 41.4 Å². The third-order valence-corrected chi connectivity index (χ3v) is 10.3. The number of nitrogens with zero attached hydrogens (tertiary/aromatic N) is 1. The normalized spacial score (nSPS) is 27.8. The van der Waals surface area contributed by atoms with Crippen LogP contribution in [-0.2, 0) is 6.42 Å². The summed E-state index contributed by atoms with van der Waals surface area (Å²) in [5.74, 6) is 5.73. The van der Waals surface area contributed by atoms with Crippen molar-refractivity contribution in [3.8, 4) is 17.6 Å². The number of anilines is 1. The number of rotatable bonds is 3. The lowest BCUT2D eigenvalue weighted by Crippen LogP contribution is -2.63. The molecule has 44 heavy (non-hydrogen) atoms. The smallest absolute Gasteiger partial charge is 0.153 e. The Kier molecular flexibility index (Phi) is 7.26. The van der Waals surface area contributed by atoms with Gasteiger partial charge in [0.1, 0.15) is 17.3 Å². The topological polar surface area (TPSA) is 84.2 Å². The monoisotopic (exact) mass is 591 g/mol. The molecule has 0 aliphatic heterocycles. The summed E-state index contributed by atoms with van der Waals surface area (Å²) in [7, 11) is 3.92. The Morgan fingerprint density at radius 3 is 2.20 bits per heavy atom. The minimum Gasteiger partial charge on any atom is -0.511 e. The summed E-state index contributed by atoms with van der Waals surface area (Å²) in [4.78, 5) is 2.01. The van der Waals surface area contributed by atoms with E-state index in [4.69, 9.17) is 0 Å². The summed E-state index contributed by atoms with van der Waals surface area (Å²) in [5.41, 5.74) is 3.34. The second kappa shape index (κ2) is 10.2. The Morgan fingerprint density at radius 2 is 1.66 bits per heavy atom. The first-order valence-corrected chi connectivity index (χ1v) is 15.2. The fourth-order valence-corrected chi connectivity index (χ4v) is 8.55. The van der Waals surface area contributed by atoms with Crippen molar-refractivity contribution in [2.45, 2.75) is 60.0 Å². The van der Waals surface area contributed by atoms with Gasteiger partial charge in [0.2, 0.25) is 0 Å². The Hall–Kier alpha value is -4.14. The van der Waals surface area contributed by atoms with Gasteiger partial charge in [-0.1, -0.05) is 77.0 Å². The molecule has 5 heteroatoms. The van der Waals surface area contributed by atoms with Crippen LogP contribution in [0.4, 0.5) is 5.69 Å². The molecule has 5 rings (SSSR count). The fraction of sp³-hybridized carbons (Fsp3) is 0.385. The first-order chi connectivity index (χ1) is 20.4. The first-order valence-electron chi connectivity index (χ1n) is 15.2. The summed E-state index contributed by atoms with van der Waals surface area (Å²) >= 11 is 0. The van der Waals surface area contributed by atoms with Crippen molar-refractivity contribution in [3.05, 3.63) is 112 Å². The Balaban J connectivity index is 1.78. The fourth-order valence-electron chi connectivity index (χ4n) is 8.55. The summed E-state index contributed by atoms with van der Waals surface area (Å²) in [6, 6.07) is 9.81. The molecular weight excluding hydrogens is 546 g/mol. The van der Waals surface area contributed by atoms with Crippen molar-refractivity contribution >= 4 is 11.3 Å². The number of fused-ring (bicyclic) bond motifs is 3. The molecule has 0 heterocycles. The molecule has 0 saturated heterocycles. The zero-order valence-electron chi connectivity index (χ0n) is 27.3. The number of aliphatic hydroxyl groups excluding tert-OH is 2. The third-order valence-electron chi connectivity index (χ3n) is 10.3.